The summed E-state index contributed by atoms with van der Waals surface area (Å²) in [6.45, 7) is 1.67. The number of aliphatic carboxylic acids is 1. The van der Waals surface area contributed by atoms with Gasteiger partial charge < -0.3 is 10.0 Å². The van der Waals surface area contributed by atoms with Crippen molar-refractivity contribution in [1.29, 1.82) is 0 Å². The zero-order valence-corrected chi connectivity index (χ0v) is 10.2. The van der Waals surface area contributed by atoms with Gasteiger partial charge in [0.15, 0.2) is 0 Å². The molecule has 0 spiro atoms. The van der Waals surface area contributed by atoms with E-state index in [2.05, 4.69) is 22.6 Å². The van der Waals surface area contributed by atoms with Gasteiger partial charge in [-0.3, -0.25) is 0 Å². The number of halogens is 1. The van der Waals surface area contributed by atoms with Crippen molar-refractivity contribution in [2.24, 2.45) is 0 Å². The Kier molecular flexibility index (Phi) is 3.74. The minimum Gasteiger partial charge on any atom is -0.480 e. The maximum atomic E-state index is 10.7. The zero-order valence-electron chi connectivity index (χ0n) is 8.07. The molecule has 0 aliphatic carbocycles. The first-order valence-corrected chi connectivity index (χ1v) is 5.31. The number of carboxylic acids is 1. The molecule has 0 aromatic heterocycles. The van der Waals surface area contributed by atoms with Crippen molar-refractivity contribution < 1.29 is 9.90 Å². The Hall–Kier alpha value is -0.780. The van der Waals surface area contributed by atoms with Crippen molar-refractivity contribution in [2.75, 3.05) is 11.9 Å². The normalized spacial score (nSPS) is 12.2. The summed E-state index contributed by atoms with van der Waals surface area (Å²) in [6, 6.07) is 7.25. The lowest BCUT2D eigenvalue weighted by Crippen LogP contribution is -2.35. The molecule has 1 N–H and O–H groups in total. The van der Waals surface area contributed by atoms with Gasteiger partial charge in [-0.1, -0.05) is 0 Å². The van der Waals surface area contributed by atoms with E-state index in [1.165, 1.54) is 0 Å². The van der Waals surface area contributed by atoms with E-state index >= 15 is 0 Å². The number of hydrogen-bond acceptors (Lipinski definition) is 2. The molecule has 0 radical (unpaired) electrons. The van der Waals surface area contributed by atoms with Gasteiger partial charge in [0.25, 0.3) is 0 Å². The lowest BCUT2D eigenvalue weighted by atomic mass is 10.2. The molecule has 14 heavy (non-hydrogen) atoms. The highest BCUT2D eigenvalue weighted by molar-refractivity contribution is 14.1. The second-order valence-electron chi connectivity index (χ2n) is 3.10. The van der Waals surface area contributed by atoms with Crippen molar-refractivity contribution in [3.8, 4) is 0 Å². The van der Waals surface area contributed by atoms with Gasteiger partial charge in [-0.05, 0) is 53.8 Å². The Morgan fingerprint density at radius 1 is 1.43 bits per heavy atom. The van der Waals surface area contributed by atoms with Crippen LogP contribution < -0.4 is 4.90 Å². The third-order valence-electron chi connectivity index (χ3n) is 2.17. The molecule has 1 aromatic rings. The number of hydrogen-bond donors (Lipinski definition) is 1. The maximum Gasteiger partial charge on any atom is 0.326 e. The van der Waals surface area contributed by atoms with Crippen molar-refractivity contribution in [3.63, 3.8) is 0 Å². The predicted octanol–water partition coefficient (Wildman–Crippen LogP) is 2.20. The molecule has 1 atom stereocenters. The summed E-state index contributed by atoms with van der Waals surface area (Å²) >= 11 is 2.22. The third-order valence-corrected chi connectivity index (χ3v) is 2.89. The van der Waals surface area contributed by atoms with Crippen LogP contribution in [0.5, 0.6) is 0 Å². The van der Waals surface area contributed by atoms with Crippen LogP contribution >= 0.6 is 22.6 Å². The van der Waals surface area contributed by atoms with Crippen LogP contribution in [0.2, 0.25) is 0 Å². The van der Waals surface area contributed by atoms with Crippen LogP contribution in [0, 0.1) is 3.57 Å². The van der Waals surface area contributed by atoms with E-state index in [0.717, 1.165) is 9.26 Å². The standard InChI is InChI=1S/C10H12INO2/c1-7(10(13)14)12(2)9-5-3-8(11)4-6-9/h3-7H,1-2H3,(H,13,14). The van der Waals surface area contributed by atoms with Gasteiger partial charge in [-0.2, -0.15) is 0 Å². The minimum absolute atomic E-state index is 0.505. The van der Waals surface area contributed by atoms with E-state index < -0.39 is 12.0 Å². The molecule has 0 aliphatic heterocycles. The second-order valence-corrected chi connectivity index (χ2v) is 4.35. The third kappa shape index (κ3) is 2.60. The fourth-order valence-corrected chi connectivity index (χ4v) is 1.43. The molecule has 3 nitrogen and oxygen atoms in total. The second kappa shape index (κ2) is 4.63. The Morgan fingerprint density at radius 2 is 1.93 bits per heavy atom. The lowest BCUT2D eigenvalue weighted by Gasteiger charge is -2.23. The summed E-state index contributed by atoms with van der Waals surface area (Å²) in [5.74, 6) is -0.814. The van der Waals surface area contributed by atoms with Gasteiger partial charge in [0.05, 0.1) is 0 Å². The summed E-state index contributed by atoms with van der Waals surface area (Å²) in [4.78, 5) is 12.5. The molecular formula is C10H12INO2. The van der Waals surface area contributed by atoms with E-state index in [1.807, 2.05) is 24.3 Å². The van der Waals surface area contributed by atoms with Crippen LogP contribution in [0.25, 0.3) is 0 Å². The van der Waals surface area contributed by atoms with Gasteiger partial charge in [-0.25, -0.2) is 4.79 Å². The quantitative estimate of drug-likeness (QED) is 0.870. The Morgan fingerprint density at radius 3 is 2.36 bits per heavy atom. The molecule has 0 fully saturated rings. The first-order chi connectivity index (χ1) is 6.52. The van der Waals surface area contributed by atoms with Crippen LogP contribution in [0.1, 0.15) is 6.92 Å². The smallest absolute Gasteiger partial charge is 0.326 e. The van der Waals surface area contributed by atoms with E-state index in [-0.39, 0.29) is 0 Å². The molecule has 0 saturated heterocycles. The Labute approximate surface area is 96.9 Å². The van der Waals surface area contributed by atoms with Crippen LogP contribution in [0.4, 0.5) is 5.69 Å². The molecule has 0 aliphatic rings. The molecule has 0 amide bonds. The Bertz CT molecular complexity index is 323. The number of nitrogens with zero attached hydrogens (tertiary/aromatic N) is 1. The van der Waals surface area contributed by atoms with Gasteiger partial charge in [0.1, 0.15) is 6.04 Å². The summed E-state index contributed by atoms with van der Waals surface area (Å²) in [7, 11) is 1.78. The van der Waals surface area contributed by atoms with Gasteiger partial charge in [0.2, 0.25) is 0 Å². The van der Waals surface area contributed by atoms with Crippen LogP contribution in [-0.2, 0) is 4.79 Å². The van der Waals surface area contributed by atoms with Gasteiger partial charge in [0, 0.05) is 16.3 Å². The van der Waals surface area contributed by atoms with E-state index in [9.17, 15) is 4.79 Å². The summed E-state index contributed by atoms with van der Waals surface area (Å²) in [6.07, 6.45) is 0. The summed E-state index contributed by atoms with van der Waals surface area (Å²) < 4.78 is 1.14. The molecule has 1 unspecified atom stereocenters. The highest BCUT2D eigenvalue weighted by Crippen LogP contribution is 2.16. The van der Waals surface area contributed by atoms with Crippen molar-refractivity contribution in [3.05, 3.63) is 27.8 Å². The number of anilines is 1. The van der Waals surface area contributed by atoms with Crippen molar-refractivity contribution in [1.82, 2.24) is 0 Å². The topological polar surface area (TPSA) is 40.5 Å². The first-order valence-electron chi connectivity index (χ1n) is 4.23. The monoisotopic (exact) mass is 305 g/mol. The van der Waals surface area contributed by atoms with Crippen LogP contribution in [0.3, 0.4) is 0 Å². The summed E-state index contributed by atoms with van der Waals surface area (Å²) in [5.41, 5.74) is 0.917. The zero-order chi connectivity index (χ0) is 10.7. The first kappa shape index (κ1) is 11.3. The average molecular weight is 305 g/mol. The molecule has 76 valence electrons. The fraction of sp³-hybridized carbons (Fsp3) is 0.300. The molecule has 0 bridgehead atoms. The highest BCUT2D eigenvalue weighted by atomic mass is 127. The average Bonchev–Trinajstić information content (AvgIpc) is 2.16. The molecular weight excluding hydrogens is 293 g/mol. The molecule has 4 heteroatoms. The van der Waals surface area contributed by atoms with Crippen molar-refractivity contribution >= 4 is 34.2 Å². The largest absolute Gasteiger partial charge is 0.480 e. The van der Waals surface area contributed by atoms with E-state index in [0.29, 0.717) is 0 Å². The highest BCUT2D eigenvalue weighted by Gasteiger charge is 2.16. The number of likely N-dealkylation sites (N-methyl/N-ethyl adjacent to an activating group) is 1. The predicted molar refractivity (Wildman–Crippen MR) is 64.7 cm³/mol. The number of carboxylic acid groups (broad SMARTS) is 1. The number of carbonyl (C=O) groups is 1. The maximum absolute atomic E-state index is 10.7. The number of benzene rings is 1. The van der Waals surface area contributed by atoms with Crippen LogP contribution in [-0.4, -0.2) is 24.2 Å². The number of rotatable bonds is 3. The molecule has 1 rings (SSSR count). The fourth-order valence-electron chi connectivity index (χ4n) is 1.07. The van der Waals surface area contributed by atoms with Gasteiger partial charge >= 0.3 is 5.97 Å². The molecule has 0 saturated carbocycles. The molecule has 0 heterocycles. The molecule has 1 aromatic carbocycles. The van der Waals surface area contributed by atoms with Gasteiger partial charge in [-0.15, -0.1) is 0 Å². The Balaban J connectivity index is 2.84. The summed E-state index contributed by atoms with van der Waals surface area (Å²) in [5, 5.41) is 8.83. The van der Waals surface area contributed by atoms with Crippen molar-refractivity contribution in [2.45, 2.75) is 13.0 Å². The minimum atomic E-state index is -0.814. The SMILES string of the molecule is CC(C(=O)O)N(C)c1ccc(I)cc1. The van der Waals surface area contributed by atoms with E-state index in [1.54, 1.807) is 18.9 Å². The van der Waals surface area contributed by atoms with Crippen LogP contribution in [0.15, 0.2) is 24.3 Å². The lowest BCUT2D eigenvalue weighted by molar-refractivity contribution is -0.138. The van der Waals surface area contributed by atoms with E-state index in [4.69, 9.17) is 5.11 Å².